The molecule has 0 aliphatic heterocycles. The third-order valence-electron chi connectivity index (χ3n) is 2.78. The first kappa shape index (κ1) is 12.7. The normalized spacial score (nSPS) is 10.5. The molecule has 0 amide bonds. The van der Waals surface area contributed by atoms with E-state index in [1.54, 1.807) is 0 Å². The molecule has 100 valence electrons. The van der Waals surface area contributed by atoms with E-state index in [2.05, 4.69) is 0 Å². The first-order valence-electron chi connectivity index (χ1n) is 5.36. The van der Waals surface area contributed by atoms with E-state index in [9.17, 15) is 30.6 Å². The molecular weight excluding hydrogens is 252 g/mol. The molecule has 2 aromatic carbocycles. The van der Waals surface area contributed by atoms with Gasteiger partial charge >= 0.3 is 0 Å². The molecule has 2 aromatic rings. The van der Waals surface area contributed by atoms with Gasteiger partial charge in [0.2, 0.25) is 0 Å². The van der Waals surface area contributed by atoms with Crippen LogP contribution in [0.15, 0.2) is 24.3 Å². The number of hydrogen-bond acceptors (Lipinski definition) is 6. The zero-order valence-corrected chi connectivity index (χ0v) is 9.70. The molecule has 19 heavy (non-hydrogen) atoms. The zero-order chi connectivity index (χ0) is 14.2. The minimum absolute atomic E-state index is 0.000361. The molecule has 0 spiro atoms. The summed E-state index contributed by atoms with van der Waals surface area (Å²) in [6, 6.07) is 4.37. The standard InChI is InChI=1S/C13H12O6/c14-8-1-2-9(15)13(19)7(8)3-6-4-11(17)12(18)5-10(6)16/h1-2,4-5,14-19H,3H2. The van der Waals surface area contributed by atoms with Gasteiger partial charge < -0.3 is 30.6 Å². The lowest BCUT2D eigenvalue weighted by Gasteiger charge is -2.11. The predicted molar refractivity (Wildman–Crippen MR) is 65.7 cm³/mol. The molecule has 6 N–H and O–H groups in total. The van der Waals surface area contributed by atoms with Gasteiger partial charge in [-0.1, -0.05) is 0 Å². The Morgan fingerprint density at radius 3 is 1.89 bits per heavy atom. The summed E-state index contributed by atoms with van der Waals surface area (Å²) in [4.78, 5) is 0. The highest BCUT2D eigenvalue weighted by atomic mass is 16.3. The van der Waals surface area contributed by atoms with Gasteiger partial charge in [-0.25, -0.2) is 0 Å². The molecule has 0 saturated carbocycles. The molecule has 0 unspecified atom stereocenters. The van der Waals surface area contributed by atoms with Gasteiger partial charge in [0.15, 0.2) is 23.0 Å². The first-order valence-corrected chi connectivity index (χ1v) is 5.36. The maximum atomic E-state index is 9.65. The van der Waals surface area contributed by atoms with Crippen molar-refractivity contribution in [3.05, 3.63) is 35.4 Å². The Morgan fingerprint density at radius 2 is 1.21 bits per heavy atom. The highest BCUT2D eigenvalue weighted by Gasteiger charge is 2.16. The monoisotopic (exact) mass is 264 g/mol. The van der Waals surface area contributed by atoms with Crippen molar-refractivity contribution in [2.24, 2.45) is 0 Å². The van der Waals surface area contributed by atoms with Gasteiger partial charge in [-0.3, -0.25) is 0 Å². The molecule has 0 atom stereocenters. The number of benzene rings is 2. The van der Waals surface area contributed by atoms with Crippen LogP contribution in [0.1, 0.15) is 11.1 Å². The average molecular weight is 264 g/mol. The fourth-order valence-corrected chi connectivity index (χ4v) is 1.73. The van der Waals surface area contributed by atoms with E-state index in [4.69, 9.17) is 0 Å². The Bertz CT molecular complexity index is 636. The minimum atomic E-state index is -0.507. The lowest BCUT2D eigenvalue weighted by atomic mass is 10.0. The molecule has 0 saturated heterocycles. The third-order valence-corrected chi connectivity index (χ3v) is 2.78. The second-order valence-corrected chi connectivity index (χ2v) is 4.08. The Kier molecular flexibility index (Phi) is 3.00. The molecular formula is C13H12O6. The summed E-state index contributed by atoms with van der Waals surface area (Å²) in [6.07, 6.45) is -0.133. The molecule has 0 radical (unpaired) electrons. The van der Waals surface area contributed by atoms with Gasteiger partial charge in [0.25, 0.3) is 0 Å². The molecule has 0 aliphatic carbocycles. The second kappa shape index (κ2) is 4.49. The lowest BCUT2D eigenvalue weighted by molar-refractivity contribution is 0.388. The van der Waals surface area contributed by atoms with Crippen molar-refractivity contribution in [2.75, 3.05) is 0 Å². The minimum Gasteiger partial charge on any atom is -0.508 e. The van der Waals surface area contributed by atoms with Gasteiger partial charge in [0.1, 0.15) is 11.5 Å². The largest absolute Gasteiger partial charge is 0.508 e. The van der Waals surface area contributed by atoms with Crippen LogP contribution >= 0.6 is 0 Å². The van der Waals surface area contributed by atoms with Crippen molar-refractivity contribution in [3.63, 3.8) is 0 Å². The van der Waals surface area contributed by atoms with E-state index in [0.29, 0.717) is 0 Å². The fourth-order valence-electron chi connectivity index (χ4n) is 1.73. The van der Waals surface area contributed by atoms with Crippen molar-refractivity contribution < 1.29 is 30.6 Å². The van der Waals surface area contributed by atoms with E-state index in [0.717, 1.165) is 18.2 Å². The summed E-state index contributed by atoms with van der Waals surface area (Å²) >= 11 is 0. The maximum absolute atomic E-state index is 9.65. The second-order valence-electron chi connectivity index (χ2n) is 4.08. The highest BCUT2D eigenvalue weighted by Crippen LogP contribution is 2.39. The number of phenols is 6. The number of phenolic OH excluding ortho intramolecular Hbond substituents is 6. The number of hydrogen-bond donors (Lipinski definition) is 6. The van der Waals surface area contributed by atoms with Crippen molar-refractivity contribution in [3.8, 4) is 34.5 Å². The molecule has 0 aromatic heterocycles. The average Bonchev–Trinajstić information content (AvgIpc) is 2.36. The smallest absolute Gasteiger partial charge is 0.164 e. The third kappa shape index (κ3) is 2.28. The fraction of sp³-hybridized carbons (Fsp3) is 0.0769. The van der Waals surface area contributed by atoms with Crippen LogP contribution < -0.4 is 0 Å². The van der Waals surface area contributed by atoms with E-state index < -0.39 is 23.0 Å². The molecule has 0 heterocycles. The van der Waals surface area contributed by atoms with Crippen LogP contribution in [0.25, 0.3) is 0 Å². The quantitative estimate of drug-likeness (QED) is 0.361. The summed E-state index contributed by atoms with van der Waals surface area (Å²) in [6.45, 7) is 0. The van der Waals surface area contributed by atoms with Gasteiger partial charge in [-0.2, -0.15) is 0 Å². The molecule has 2 rings (SSSR count). The van der Waals surface area contributed by atoms with Crippen molar-refractivity contribution in [1.82, 2.24) is 0 Å². The topological polar surface area (TPSA) is 121 Å². The molecule has 0 aliphatic rings. The van der Waals surface area contributed by atoms with Crippen molar-refractivity contribution >= 4 is 0 Å². The van der Waals surface area contributed by atoms with Crippen LogP contribution in [-0.2, 0) is 6.42 Å². The molecule has 0 fully saturated rings. The predicted octanol–water partition coefficient (Wildman–Crippen LogP) is 1.51. The van der Waals surface area contributed by atoms with Crippen LogP contribution in [0.4, 0.5) is 0 Å². The summed E-state index contributed by atoms with van der Waals surface area (Å²) < 4.78 is 0. The van der Waals surface area contributed by atoms with Gasteiger partial charge in [0, 0.05) is 23.6 Å². The van der Waals surface area contributed by atoms with Crippen LogP contribution in [0.5, 0.6) is 34.5 Å². The zero-order valence-electron chi connectivity index (χ0n) is 9.70. The number of aromatic hydroxyl groups is 6. The van der Waals surface area contributed by atoms with Crippen LogP contribution in [0.2, 0.25) is 0 Å². The van der Waals surface area contributed by atoms with Gasteiger partial charge in [-0.15, -0.1) is 0 Å². The molecule has 6 heteroatoms. The molecule has 6 nitrogen and oxygen atoms in total. The Hall–Kier alpha value is -2.76. The van der Waals surface area contributed by atoms with Crippen molar-refractivity contribution in [1.29, 1.82) is 0 Å². The number of rotatable bonds is 2. The van der Waals surface area contributed by atoms with Crippen LogP contribution in [0, 0.1) is 0 Å². The Balaban J connectivity index is 2.48. The SMILES string of the molecule is Oc1cc(O)c(Cc2c(O)ccc(O)c2O)cc1O. The van der Waals surface area contributed by atoms with E-state index in [-0.39, 0.29) is 29.0 Å². The first-order chi connectivity index (χ1) is 8.90. The van der Waals surface area contributed by atoms with Crippen molar-refractivity contribution in [2.45, 2.75) is 6.42 Å². The van der Waals surface area contributed by atoms with E-state index >= 15 is 0 Å². The van der Waals surface area contributed by atoms with E-state index in [1.165, 1.54) is 6.07 Å². The summed E-state index contributed by atoms with van der Waals surface area (Å²) in [5.74, 6) is -2.40. The Labute approximate surface area is 108 Å². The summed E-state index contributed by atoms with van der Waals surface area (Å²) in [7, 11) is 0. The summed E-state index contributed by atoms with van der Waals surface area (Å²) in [5, 5.41) is 56.8. The highest BCUT2D eigenvalue weighted by molar-refractivity contribution is 5.56. The summed E-state index contributed by atoms with van der Waals surface area (Å²) in [5.41, 5.74) is 0.173. The van der Waals surface area contributed by atoms with Crippen LogP contribution in [-0.4, -0.2) is 30.6 Å². The maximum Gasteiger partial charge on any atom is 0.164 e. The van der Waals surface area contributed by atoms with E-state index in [1.807, 2.05) is 0 Å². The Morgan fingerprint density at radius 1 is 0.632 bits per heavy atom. The molecule has 0 bridgehead atoms. The lowest BCUT2D eigenvalue weighted by Crippen LogP contribution is -1.91. The van der Waals surface area contributed by atoms with Gasteiger partial charge in [0.05, 0.1) is 0 Å². The van der Waals surface area contributed by atoms with Crippen LogP contribution in [0.3, 0.4) is 0 Å². The van der Waals surface area contributed by atoms with Gasteiger partial charge in [-0.05, 0) is 18.2 Å².